The highest BCUT2D eigenvalue weighted by Crippen LogP contribution is 2.21. The lowest BCUT2D eigenvalue weighted by molar-refractivity contribution is 0.498. The smallest absolute Gasteiger partial charge is 0.154 e. The van der Waals surface area contributed by atoms with Crippen LogP contribution in [-0.4, -0.2) is 27.1 Å². The minimum absolute atomic E-state index is 0.329. The summed E-state index contributed by atoms with van der Waals surface area (Å²) >= 11 is 0. The number of hydrogen-bond acceptors (Lipinski definition) is 4. The third kappa shape index (κ3) is 2.46. The summed E-state index contributed by atoms with van der Waals surface area (Å²) in [5.41, 5.74) is 7.66. The van der Waals surface area contributed by atoms with E-state index in [1.807, 2.05) is 30.2 Å². The maximum atomic E-state index is 5.66. The molecule has 0 aliphatic carbocycles. The van der Waals surface area contributed by atoms with Crippen molar-refractivity contribution in [1.82, 2.24) is 14.5 Å². The number of anilines is 1. The van der Waals surface area contributed by atoms with E-state index in [9.17, 15) is 0 Å². The first kappa shape index (κ1) is 12.8. The minimum atomic E-state index is 0.329. The number of fused-ring (bicyclic) bond motifs is 1. The zero-order valence-electron chi connectivity index (χ0n) is 11.2. The van der Waals surface area contributed by atoms with Gasteiger partial charge in [0.2, 0.25) is 0 Å². The van der Waals surface area contributed by atoms with E-state index in [4.69, 9.17) is 5.73 Å². The number of pyridine rings is 1. The zero-order chi connectivity index (χ0) is 13.1. The summed E-state index contributed by atoms with van der Waals surface area (Å²) in [4.78, 5) is 8.79. The molecule has 0 saturated carbocycles. The summed E-state index contributed by atoms with van der Waals surface area (Å²) in [6.45, 7) is 5.05. The van der Waals surface area contributed by atoms with Gasteiger partial charge in [-0.25, -0.2) is 9.97 Å². The summed E-state index contributed by atoms with van der Waals surface area (Å²) in [6.07, 6.45) is 4.56. The molecule has 3 N–H and O–H groups in total. The summed E-state index contributed by atoms with van der Waals surface area (Å²) < 4.78 is 2.00. The minimum Gasteiger partial charge on any atom is -0.365 e. The Hall–Kier alpha value is -1.62. The van der Waals surface area contributed by atoms with Gasteiger partial charge in [-0.1, -0.05) is 13.8 Å². The van der Waals surface area contributed by atoms with Crippen LogP contribution >= 0.6 is 0 Å². The normalized spacial score (nSPS) is 13.2. The van der Waals surface area contributed by atoms with E-state index in [0.717, 1.165) is 23.3 Å². The molecule has 2 heterocycles. The summed E-state index contributed by atoms with van der Waals surface area (Å²) in [5.74, 6) is 1.36. The number of rotatable bonds is 5. The molecule has 2 aromatic heterocycles. The highest BCUT2D eigenvalue weighted by atomic mass is 15.1. The van der Waals surface area contributed by atoms with Gasteiger partial charge in [-0.05, 0) is 24.9 Å². The van der Waals surface area contributed by atoms with E-state index in [1.54, 1.807) is 0 Å². The van der Waals surface area contributed by atoms with Crippen LogP contribution in [0, 0.1) is 5.92 Å². The Morgan fingerprint density at radius 1 is 1.39 bits per heavy atom. The molecule has 1 unspecified atom stereocenters. The van der Waals surface area contributed by atoms with Crippen molar-refractivity contribution < 1.29 is 0 Å². The number of nitrogens with zero attached hydrogens (tertiary/aromatic N) is 3. The lowest BCUT2D eigenvalue weighted by Crippen LogP contribution is -2.29. The largest absolute Gasteiger partial charge is 0.365 e. The average Bonchev–Trinajstić information content (AvgIpc) is 2.72. The number of aromatic nitrogens is 3. The molecule has 1 atom stereocenters. The molecule has 0 aliphatic rings. The first-order chi connectivity index (χ1) is 8.63. The first-order valence-electron chi connectivity index (χ1n) is 6.36. The molecule has 18 heavy (non-hydrogen) atoms. The van der Waals surface area contributed by atoms with Crippen LogP contribution in [-0.2, 0) is 7.05 Å². The first-order valence-corrected chi connectivity index (χ1v) is 6.36. The number of nitrogens with two attached hydrogens (primary N) is 1. The van der Waals surface area contributed by atoms with Gasteiger partial charge in [0.05, 0.1) is 11.8 Å². The molecule has 0 saturated heterocycles. The van der Waals surface area contributed by atoms with E-state index in [0.29, 0.717) is 18.5 Å². The van der Waals surface area contributed by atoms with Gasteiger partial charge < -0.3 is 15.6 Å². The molecule has 5 nitrogen and oxygen atoms in total. The molecule has 0 radical (unpaired) electrons. The zero-order valence-corrected chi connectivity index (χ0v) is 11.2. The van der Waals surface area contributed by atoms with Crippen LogP contribution in [0.25, 0.3) is 11.0 Å². The molecule has 0 bridgehead atoms. The lowest BCUT2D eigenvalue weighted by Gasteiger charge is -2.22. The highest BCUT2D eigenvalue weighted by molar-refractivity contribution is 5.85. The number of aryl methyl sites for hydroxylation is 1. The standard InChI is InChI=1S/C13H21N5/c1-9(2)10(4-6-14)17-13-12-11(5-7-15-13)18(3)8-16-12/h5,7-10H,4,6,14H2,1-3H3,(H,15,17). The Labute approximate surface area is 107 Å². The second kappa shape index (κ2) is 5.35. The maximum absolute atomic E-state index is 5.66. The molecule has 0 amide bonds. The highest BCUT2D eigenvalue weighted by Gasteiger charge is 2.15. The summed E-state index contributed by atoms with van der Waals surface area (Å²) in [7, 11) is 1.99. The van der Waals surface area contributed by atoms with Gasteiger partial charge in [-0.15, -0.1) is 0 Å². The third-order valence-electron chi connectivity index (χ3n) is 3.25. The SMILES string of the molecule is CC(C)C(CCN)Nc1nccc2c1ncn2C. The number of nitrogens with one attached hydrogen (secondary N) is 1. The van der Waals surface area contributed by atoms with E-state index in [-0.39, 0.29) is 0 Å². The fourth-order valence-corrected chi connectivity index (χ4v) is 2.10. The Morgan fingerprint density at radius 3 is 2.83 bits per heavy atom. The van der Waals surface area contributed by atoms with Crippen LogP contribution in [0.4, 0.5) is 5.82 Å². The lowest BCUT2D eigenvalue weighted by atomic mass is 10.0. The molecule has 0 aliphatic heterocycles. The van der Waals surface area contributed by atoms with Crippen LogP contribution in [0.15, 0.2) is 18.6 Å². The van der Waals surface area contributed by atoms with Gasteiger partial charge in [0.1, 0.15) is 5.52 Å². The van der Waals surface area contributed by atoms with Gasteiger partial charge in [0.25, 0.3) is 0 Å². The second-order valence-corrected chi connectivity index (χ2v) is 4.95. The monoisotopic (exact) mass is 247 g/mol. The Morgan fingerprint density at radius 2 is 2.17 bits per heavy atom. The van der Waals surface area contributed by atoms with Crippen LogP contribution in [0.3, 0.4) is 0 Å². The summed E-state index contributed by atoms with van der Waals surface area (Å²) in [5, 5.41) is 3.47. The number of hydrogen-bond donors (Lipinski definition) is 2. The third-order valence-corrected chi connectivity index (χ3v) is 3.25. The maximum Gasteiger partial charge on any atom is 0.154 e. The second-order valence-electron chi connectivity index (χ2n) is 4.95. The fraction of sp³-hybridized carbons (Fsp3) is 0.538. The van der Waals surface area contributed by atoms with Gasteiger partial charge >= 0.3 is 0 Å². The molecular weight excluding hydrogens is 226 g/mol. The van der Waals surface area contributed by atoms with E-state index >= 15 is 0 Å². The van der Waals surface area contributed by atoms with Crippen molar-refractivity contribution in [2.75, 3.05) is 11.9 Å². The van der Waals surface area contributed by atoms with E-state index < -0.39 is 0 Å². The predicted octanol–water partition coefficient (Wildman–Crippen LogP) is 1.75. The fourth-order valence-electron chi connectivity index (χ4n) is 2.10. The van der Waals surface area contributed by atoms with Crippen molar-refractivity contribution in [2.24, 2.45) is 18.7 Å². The Balaban J connectivity index is 2.30. The number of imidazole rings is 1. The summed E-state index contributed by atoms with van der Waals surface area (Å²) in [6, 6.07) is 2.30. The van der Waals surface area contributed by atoms with Crippen molar-refractivity contribution in [3.8, 4) is 0 Å². The van der Waals surface area contributed by atoms with Crippen molar-refractivity contribution >= 4 is 16.9 Å². The average molecular weight is 247 g/mol. The van der Waals surface area contributed by atoms with Crippen LogP contribution in [0.2, 0.25) is 0 Å². The van der Waals surface area contributed by atoms with Crippen LogP contribution < -0.4 is 11.1 Å². The Bertz CT molecular complexity index is 517. The van der Waals surface area contributed by atoms with Gasteiger partial charge in [0.15, 0.2) is 5.82 Å². The molecule has 0 fully saturated rings. The molecule has 2 aromatic rings. The Kier molecular flexibility index (Phi) is 3.81. The van der Waals surface area contributed by atoms with Crippen LogP contribution in [0.1, 0.15) is 20.3 Å². The predicted molar refractivity (Wildman–Crippen MR) is 74.4 cm³/mol. The molecular formula is C13H21N5. The van der Waals surface area contributed by atoms with Gasteiger partial charge in [-0.2, -0.15) is 0 Å². The van der Waals surface area contributed by atoms with Crippen molar-refractivity contribution in [2.45, 2.75) is 26.3 Å². The van der Waals surface area contributed by atoms with Gasteiger partial charge in [0, 0.05) is 19.3 Å². The van der Waals surface area contributed by atoms with Crippen molar-refractivity contribution in [3.63, 3.8) is 0 Å². The quantitative estimate of drug-likeness (QED) is 0.844. The molecule has 0 aromatic carbocycles. The molecule has 5 heteroatoms. The topological polar surface area (TPSA) is 68.8 Å². The van der Waals surface area contributed by atoms with Crippen molar-refractivity contribution in [1.29, 1.82) is 0 Å². The molecule has 2 rings (SSSR count). The van der Waals surface area contributed by atoms with E-state index in [2.05, 4.69) is 29.1 Å². The molecule has 0 spiro atoms. The van der Waals surface area contributed by atoms with E-state index in [1.165, 1.54) is 0 Å². The van der Waals surface area contributed by atoms with Crippen molar-refractivity contribution in [3.05, 3.63) is 18.6 Å². The van der Waals surface area contributed by atoms with Gasteiger partial charge in [-0.3, -0.25) is 0 Å². The molecule has 98 valence electrons. The van der Waals surface area contributed by atoms with Crippen LogP contribution in [0.5, 0.6) is 0 Å².